The molecule has 4 rings (SSSR count). The molecule has 4 aromatic rings. The van der Waals surface area contributed by atoms with E-state index in [9.17, 15) is 13.2 Å². The van der Waals surface area contributed by atoms with Gasteiger partial charge in [0.25, 0.3) is 0 Å². The van der Waals surface area contributed by atoms with Crippen molar-refractivity contribution in [3.63, 3.8) is 0 Å². The maximum Gasteiger partial charge on any atom is 0.396 e. The van der Waals surface area contributed by atoms with Gasteiger partial charge in [-0.15, -0.1) is 0 Å². The highest BCUT2D eigenvalue weighted by Crippen LogP contribution is 2.48. The topological polar surface area (TPSA) is 9.23 Å². The molecule has 0 saturated carbocycles. The van der Waals surface area contributed by atoms with E-state index in [2.05, 4.69) is 0 Å². The summed E-state index contributed by atoms with van der Waals surface area (Å²) < 4.78 is 49.0. The summed E-state index contributed by atoms with van der Waals surface area (Å²) in [6.07, 6.45) is -4.41. The zero-order valence-corrected chi connectivity index (χ0v) is 17.4. The predicted molar refractivity (Wildman–Crippen MR) is 121 cm³/mol. The zero-order chi connectivity index (χ0) is 22.4. The van der Waals surface area contributed by atoms with E-state index in [1.807, 2.05) is 36.4 Å². The molecule has 4 heteroatoms. The maximum atomic E-state index is 14.4. The molecule has 2 atom stereocenters. The van der Waals surface area contributed by atoms with Crippen LogP contribution in [0.25, 0.3) is 0 Å². The molecule has 0 bridgehead atoms. The standard InChI is InChI=1S/C28H23F3O/c29-28(30,31)27(24-14-8-3-9-15-24)26(22-12-6-2-7-13-22)23-16-18-25(19-17-23)32-20-21-10-4-1-5-11-21/h1-19,26-27H,20H2. The molecule has 1 nitrogen and oxygen atoms in total. The van der Waals surface area contributed by atoms with Crippen molar-refractivity contribution in [1.29, 1.82) is 0 Å². The molecule has 0 aliphatic heterocycles. The fourth-order valence-electron chi connectivity index (χ4n) is 3.98. The summed E-state index contributed by atoms with van der Waals surface area (Å²) in [7, 11) is 0. The van der Waals surface area contributed by atoms with E-state index in [-0.39, 0.29) is 5.56 Å². The van der Waals surface area contributed by atoms with Crippen LogP contribution in [-0.2, 0) is 6.61 Å². The Morgan fingerprint density at radius 1 is 0.562 bits per heavy atom. The van der Waals surface area contributed by atoms with Gasteiger partial charge in [0.1, 0.15) is 12.4 Å². The molecule has 162 valence electrons. The molecular formula is C28H23F3O. The van der Waals surface area contributed by atoms with Gasteiger partial charge >= 0.3 is 6.18 Å². The maximum absolute atomic E-state index is 14.4. The van der Waals surface area contributed by atoms with Gasteiger partial charge in [-0.3, -0.25) is 0 Å². The van der Waals surface area contributed by atoms with Crippen molar-refractivity contribution < 1.29 is 17.9 Å². The predicted octanol–water partition coefficient (Wildman–Crippen LogP) is 7.74. The van der Waals surface area contributed by atoms with E-state index in [0.717, 1.165) is 5.56 Å². The molecule has 0 radical (unpaired) electrons. The van der Waals surface area contributed by atoms with Crippen LogP contribution in [0, 0.1) is 0 Å². The number of benzene rings is 4. The largest absolute Gasteiger partial charge is 0.489 e. The van der Waals surface area contributed by atoms with Crippen molar-refractivity contribution in [1.82, 2.24) is 0 Å². The summed E-state index contributed by atoms with van der Waals surface area (Å²) in [6, 6.07) is 33.7. The SMILES string of the molecule is FC(F)(F)C(c1ccccc1)C(c1ccccc1)c1ccc(OCc2ccccc2)cc1. The second kappa shape index (κ2) is 9.73. The first kappa shape index (κ1) is 21.7. The minimum absolute atomic E-state index is 0.248. The molecular weight excluding hydrogens is 409 g/mol. The number of ether oxygens (including phenoxy) is 1. The third-order valence-electron chi connectivity index (χ3n) is 5.49. The van der Waals surface area contributed by atoms with E-state index in [0.29, 0.717) is 23.5 Å². The van der Waals surface area contributed by atoms with Gasteiger partial charge in [-0.2, -0.15) is 13.2 Å². The van der Waals surface area contributed by atoms with Crippen molar-refractivity contribution in [2.24, 2.45) is 0 Å². The second-order valence-corrected chi connectivity index (χ2v) is 7.66. The van der Waals surface area contributed by atoms with Crippen molar-refractivity contribution in [2.75, 3.05) is 0 Å². The Morgan fingerprint density at radius 2 is 1.03 bits per heavy atom. The van der Waals surface area contributed by atoms with Gasteiger partial charge in [-0.05, 0) is 34.4 Å². The third kappa shape index (κ3) is 5.20. The Labute approximate surface area is 186 Å². The summed E-state index contributed by atoms with van der Waals surface area (Å²) >= 11 is 0. The molecule has 2 unspecified atom stereocenters. The molecule has 0 fully saturated rings. The van der Waals surface area contributed by atoms with Crippen LogP contribution >= 0.6 is 0 Å². The zero-order valence-electron chi connectivity index (χ0n) is 17.4. The van der Waals surface area contributed by atoms with Gasteiger partial charge in [0.2, 0.25) is 0 Å². The molecule has 0 amide bonds. The van der Waals surface area contributed by atoms with E-state index in [1.165, 1.54) is 0 Å². The van der Waals surface area contributed by atoms with Gasteiger partial charge in [-0.25, -0.2) is 0 Å². The van der Waals surface area contributed by atoms with E-state index >= 15 is 0 Å². The Hall–Kier alpha value is -3.53. The highest BCUT2D eigenvalue weighted by molar-refractivity contribution is 5.41. The molecule has 32 heavy (non-hydrogen) atoms. The highest BCUT2D eigenvalue weighted by Gasteiger charge is 2.46. The third-order valence-corrected chi connectivity index (χ3v) is 5.49. The normalized spacial score (nSPS) is 13.3. The van der Waals surface area contributed by atoms with E-state index in [4.69, 9.17) is 4.74 Å². The summed E-state index contributed by atoms with van der Waals surface area (Å²) in [4.78, 5) is 0. The number of hydrogen-bond donors (Lipinski definition) is 0. The lowest BCUT2D eigenvalue weighted by Crippen LogP contribution is -2.28. The van der Waals surface area contributed by atoms with Crippen molar-refractivity contribution in [3.05, 3.63) is 138 Å². The highest BCUT2D eigenvalue weighted by atomic mass is 19.4. The number of alkyl halides is 3. The minimum Gasteiger partial charge on any atom is -0.489 e. The van der Waals surface area contributed by atoms with Crippen molar-refractivity contribution >= 4 is 0 Å². The molecule has 0 N–H and O–H groups in total. The minimum atomic E-state index is -4.41. The smallest absolute Gasteiger partial charge is 0.396 e. The molecule has 0 aliphatic carbocycles. The molecule has 0 heterocycles. The van der Waals surface area contributed by atoms with Crippen LogP contribution in [0.15, 0.2) is 115 Å². The van der Waals surface area contributed by atoms with Gasteiger partial charge in [-0.1, -0.05) is 103 Å². The van der Waals surface area contributed by atoms with Crippen LogP contribution < -0.4 is 4.74 Å². The van der Waals surface area contributed by atoms with Crippen LogP contribution in [-0.4, -0.2) is 6.18 Å². The number of halogens is 3. The number of hydrogen-bond acceptors (Lipinski definition) is 1. The second-order valence-electron chi connectivity index (χ2n) is 7.66. The van der Waals surface area contributed by atoms with Crippen LogP contribution in [0.5, 0.6) is 5.75 Å². The first-order chi connectivity index (χ1) is 15.5. The molecule has 0 aliphatic rings. The average molecular weight is 432 g/mol. The van der Waals surface area contributed by atoms with Gasteiger partial charge < -0.3 is 4.74 Å². The first-order valence-electron chi connectivity index (χ1n) is 10.5. The molecule has 4 aromatic carbocycles. The lowest BCUT2D eigenvalue weighted by molar-refractivity contribution is -0.153. The van der Waals surface area contributed by atoms with Crippen LogP contribution in [0.2, 0.25) is 0 Å². The van der Waals surface area contributed by atoms with Crippen LogP contribution in [0.4, 0.5) is 13.2 Å². The quantitative estimate of drug-likeness (QED) is 0.290. The van der Waals surface area contributed by atoms with Gasteiger partial charge in [0, 0.05) is 5.92 Å². The first-order valence-corrected chi connectivity index (χ1v) is 10.5. The van der Waals surface area contributed by atoms with E-state index < -0.39 is 18.0 Å². The van der Waals surface area contributed by atoms with Gasteiger partial charge in [0.05, 0.1) is 5.92 Å². The number of rotatable bonds is 7. The Kier molecular flexibility index (Phi) is 6.60. The Balaban J connectivity index is 1.68. The molecule has 0 aromatic heterocycles. The summed E-state index contributed by atoms with van der Waals surface area (Å²) in [5.41, 5.74) is 2.49. The summed E-state index contributed by atoms with van der Waals surface area (Å²) in [5.74, 6) is -1.92. The molecule has 0 spiro atoms. The van der Waals surface area contributed by atoms with Crippen LogP contribution in [0.3, 0.4) is 0 Å². The Bertz CT molecular complexity index is 1090. The van der Waals surface area contributed by atoms with Crippen molar-refractivity contribution in [2.45, 2.75) is 24.6 Å². The lowest BCUT2D eigenvalue weighted by Gasteiger charge is -2.30. The van der Waals surface area contributed by atoms with Crippen LogP contribution in [0.1, 0.15) is 34.1 Å². The monoisotopic (exact) mass is 432 g/mol. The molecule has 0 saturated heterocycles. The van der Waals surface area contributed by atoms with Gasteiger partial charge in [0.15, 0.2) is 0 Å². The lowest BCUT2D eigenvalue weighted by atomic mass is 9.76. The summed E-state index contributed by atoms with van der Waals surface area (Å²) in [5, 5.41) is 0. The fourth-order valence-corrected chi connectivity index (χ4v) is 3.98. The fraction of sp³-hybridized carbons (Fsp3) is 0.143. The van der Waals surface area contributed by atoms with E-state index in [1.54, 1.807) is 78.9 Å². The average Bonchev–Trinajstić information content (AvgIpc) is 2.82. The Morgan fingerprint density at radius 3 is 1.56 bits per heavy atom. The van der Waals surface area contributed by atoms with Crippen molar-refractivity contribution in [3.8, 4) is 5.75 Å². The summed E-state index contributed by atoms with van der Waals surface area (Å²) in [6.45, 7) is 0.400.